The molecule has 1 aliphatic rings. The van der Waals surface area contributed by atoms with Crippen molar-refractivity contribution in [3.63, 3.8) is 0 Å². The standard InChI is InChI=1S/C39H57ClN4O3/c1-4-5-6-7-8-9-10-11-12-13-14-15-16-17-18-19-20-21-22-23-37(45)42-32-35(44-30-28-41-29-31-44)33-43-38(46)39(2,3)47-36-26-24-34(40)25-27-36/h5-6,8-9,11-12,14-15,17-18,20-21,24-27,35,41H,4,7,10,13,16,19,22-23,28-33H2,1-3H3,(H,42,45)(H,43,46). The molecule has 3 N–H and O–H groups in total. The van der Waals surface area contributed by atoms with Crippen LogP contribution in [0.2, 0.25) is 5.02 Å². The van der Waals surface area contributed by atoms with Gasteiger partial charge in [0.1, 0.15) is 5.75 Å². The van der Waals surface area contributed by atoms with Gasteiger partial charge in [0.05, 0.1) is 0 Å². The molecule has 0 radical (unpaired) electrons. The van der Waals surface area contributed by atoms with Gasteiger partial charge in [-0.25, -0.2) is 0 Å². The Kier molecular flexibility index (Phi) is 20.9. The van der Waals surface area contributed by atoms with Crippen LogP contribution in [0.3, 0.4) is 0 Å². The van der Waals surface area contributed by atoms with E-state index >= 15 is 0 Å². The summed E-state index contributed by atoms with van der Waals surface area (Å²) < 4.78 is 5.94. The van der Waals surface area contributed by atoms with E-state index in [1.54, 1.807) is 38.1 Å². The van der Waals surface area contributed by atoms with Crippen molar-refractivity contribution < 1.29 is 14.3 Å². The molecule has 0 spiro atoms. The summed E-state index contributed by atoms with van der Waals surface area (Å²) in [6.45, 7) is 10.0. The molecule has 1 unspecified atom stereocenters. The number of allylic oxidation sites excluding steroid dienone is 12. The second kappa shape index (κ2) is 24.7. The number of rotatable bonds is 22. The molecule has 1 aromatic rings. The van der Waals surface area contributed by atoms with Crippen LogP contribution in [0, 0.1) is 0 Å². The normalized spacial score (nSPS) is 15.6. The van der Waals surface area contributed by atoms with Gasteiger partial charge < -0.3 is 20.7 Å². The zero-order valence-electron chi connectivity index (χ0n) is 28.8. The summed E-state index contributed by atoms with van der Waals surface area (Å²) in [7, 11) is 0. The highest BCUT2D eigenvalue weighted by molar-refractivity contribution is 6.30. The number of ether oxygens (including phenoxy) is 1. The molecule has 1 aliphatic heterocycles. The zero-order valence-corrected chi connectivity index (χ0v) is 29.5. The third kappa shape index (κ3) is 19.1. The van der Waals surface area contributed by atoms with E-state index in [1.165, 1.54) is 0 Å². The van der Waals surface area contributed by atoms with Gasteiger partial charge >= 0.3 is 0 Å². The summed E-state index contributed by atoms with van der Waals surface area (Å²) in [5, 5.41) is 10.1. The van der Waals surface area contributed by atoms with Gasteiger partial charge in [-0.3, -0.25) is 14.5 Å². The highest BCUT2D eigenvalue weighted by Crippen LogP contribution is 2.21. The Labute approximate surface area is 288 Å². The minimum Gasteiger partial charge on any atom is -0.478 e. The molecule has 1 atom stereocenters. The minimum absolute atomic E-state index is 0.0118. The zero-order chi connectivity index (χ0) is 34.0. The lowest BCUT2D eigenvalue weighted by atomic mass is 10.1. The molecular weight excluding hydrogens is 608 g/mol. The maximum Gasteiger partial charge on any atom is 0.263 e. The second-order valence-corrected chi connectivity index (χ2v) is 12.4. The highest BCUT2D eigenvalue weighted by Gasteiger charge is 2.31. The van der Waals surface area contributed by atoms with Crippen LogP contribution in [0.4, 0.5) is 0 Å². The lowest BCUT2D eigenvalue weighted by Crippen LogP contribution is -2.57. The van der Waals surface area contributed by atoms with Crippen LogP contribution in [0.25, 0.3) is 0 Å². The Morgan fingerprint density at radius 1 is 0.809 bits per heavy atom. The Hall–Kier alpha value is -3.39. The van der Waals surface area contributed by atoms with Crippen molar-refractivity contribution >= 4 is 23.4 Å². The number of amides is 2. The van der Waals surface area contributed by atoms with E-state index in [2.05, 4.69) is 101 Å². The van der Waals surface area contributed by atoms with E-state index in [0.29, 0.717) is 36.7 Å². The summed E-state index contributed by atoms with van der Waals surface area (Å²) in [5.41, 5.74) is -1.07. The van der Waals surface area contributed by atoms with Gasteiger partial charge in [-0.15, -0.1) is 0 Å². The number of carbonyl (C=O) groups is 2. The summed E-state index contributed by atoms with van der Waals surface area (Å²) in [6.07, 6.45) is 33.1. The predicted molar refractivity (Wildman–Crippen MR) is 198 cm³/mol. The fourth-order valence-corrected chi connectivity index (χ4v) is 4.94. The smallest absolute Gasteiger partial charge is 0.263 e. The number of hydrogen-bond acceptors (Lipinski definition) is 5. The third-order valence-corrected chi connectivity index (χ3v) is 7.82. The molecule has 2 amide bonds. The molecule has 1 heterocycles. The number of nitrogens with zero attached hydrogens (tertiary/aromatic N) is 1. The van der Waals surface area contributed by atoms with Crippen molar-refractivity contribution in [2.24, 2.45) is 0 Å². The van der Waals surface area contributed by atoms with Gasteiger partial charge in [0.15, 0.2) is 5.60 Å². The lowest BCUT2D eigenvalue weighted by Gasteiger charge is -2.36. The van der Waals surface area contributed by atoms with Crippen LogP contribution in [0.15, 0.2) is 97.2 Å². The Morgan fingerprint density at radius 2 is 1.30 bits per heavy atom. The van der Waals surface area contributed by atoms with Crippen molar-refractivity contribution in [3.05, 3.63) is 102 Å². The molecule has 0 saturated carbocycles. The van der Waals surface area contributed by atoms with Gasteiger partial charge in [-0.1, -0.05) is 91.4 Å². The molecule has 8 heteroatoms. The van der Waals surface area contributed by atoms with Gasteiger partial charge in [0, 0.05) is 56.8 Å². The monoisotopic (exact) mass is 664 g/mol. The number of piperazine rings is 1. The van der Waals surface area contributed by atoms with Crippen molar-refractivity contribution in [1.29, 1.82) is 0 Å². The fourth-order valence-electron chi connectivity index (χ4n) is 4.82. The number of nitrogens with one attached hydrogen (secondary N) is 3. The molecule has 258 valence electrons. The van der Waals surface area contributed by atoms with E-state index in [-0.39, 0.29) is 17.9 Å². The molecule has 0 bridgehead atoms. The Bertz CT molecular complexity index is 1200. The van der Waals surface area contributed by atoms with Crippen molar-refractivity contribution in [2.75, 3.05) is 39.3 Å². The Balaban J connectivity index is 1.64. The van der Waals surface area contributed by atoms with E-state index in [1.807, 2.05) is 0 Å². The summed E-state index contributed by atoms with van der Waals surface area (Å²) in [4.78, 5) is 28.0. The summed E-state index contributed by atoms with van der Waals surface area (Å²) in [6, 6.07) is 6.95. The van der Waals surface area contributed by atoms with E-state index in [0.717, 1.165) is 64.7 Å². The largest absolute Gasteiger partial charge is 0.478 e. The summed E-state index contributed by atoms with van der Waals surface area (Å²) in [5.74, 6) is 0.381. The van der Waals surface area contributed by atoms with Gasteiger partial charge in [-0.05, 0) is 83.1 Å². The van der Waals surface area contributed by atoms with Gasteiger partial charge in [-0.2, -0.15) is 0 Å². The first kappa shape index (κ1) is 39.8. The highest BCUT2D eigenvalue weighted by atomic mass is 35.5. The van der Waals surface area contributed by atoms with Gasteiger partial charge in [0.25, 0.3) is 5.91 Å². The van der Waals surface area contributed by atoms with E-state index < -0.39 is 5.60 Å². The number of benzene rings is 1. The van der Waals surface area contributed by atoms with Crippen molar-refractivity contribution in [3.8, 4) is 5.75 Å². The molecule has 0 aromatic heterocycles. The first-order valence-corrected chi connectivity index (χ1v) is 17.5. The topological polar surface area (TPSA) is 82.7 Å². The molecule has 1 saturated heterocycles. The molecular formula is C39H57ClN4O3. The third-order valence-electron chi connectivity index (χ3n) is 7.57. The first-order valence-electron chi connectivity index (χ1n) is 17.2. The second-order valence-electron chi connectivity index (χ2n) is 12.0. The Morgan fingerprint density at radius 3 is 1.83 bits per heavy atom. The fraction of sp³-hybridized carbons (Fsp3) is 0.487. The lowest BCUT2D eigenvalue weighted by molar-refractivity contribution is -0.134. The van der Waals surface area contributed by atoms with Crippen LogP contribution in [0.1, 0.15) is 72.1 Å². The SMILES string of the molecule is CCC=CCC=CCC=CCC=CCC=CCC=CCCC(=O)NCC(CNC(=O)C(C)(C)Oc1ccc(Cl)cc1)N1CCNCC1. The predicted octanol–water partition coefficient (Wildman–Crippen LogP) is 7.48. The van der Waals surface area contributed by atoms with E-state index in [9.17, 15) is 9.59 Å². The number of carbonyl (C=O) groups excluding carboxylic acids is 2. The molecule has 47 heavy (non-hydrogen) atoms. The number of hydrogen-bond donors (Lipinski definition) is 3. The maximum atomic E-state index is 13.1. The van der Waals surface area contributed by atoms with Crippen LogP contribution in [0.5, 0.6) is 5.75 Å². The first-order chi connectivity index (χ1) is 22.8. The van der Waals surface area contributed by atoms with Crippen molar-refractivity contribution in [2.45, 2.75) is 83.8 Å². The number of halogens is 1. The molecule has 0 aliphatic carbocycles. The average molecular weight is 665 g/mol. The summed E-state index contributed by atoms with van der Waals surface area (Å²) >= 11 is 5.97. The average Bonchev–Trinajstić information content (AvgIpc) is 3.07. The molecule has 1 aromatic carbocycles. The van der Waals surface area contributed by atoms with Crippen LogP contribution in [-0.4, -0.2) is 67.6 Å². The maximum absolute atomic E-state index is 13.1. The van der Waals surface area contributed by atoms with Crippen LogP contribution in [-0.2, 0) is 9.59 Å². The minimum atomic E-state index is -1.07. The van der Waals surface area contributed by atoms with Crippen LogP contribution >= 0.6 is 11.6 Å². The molecule has 7 nitrogen and oxygen atoms in total. The molecule has 2 rings (SSSR count). The quantitative estimate of drug-likeness (QED) is 0.112. The van der Waals surface area contributed by atoms with Crippen LogP contribution < -0.4 is 20.7 Å². The van der Waals surface area contributed by atoms with Gasteiger partial charge in [0.2, 0.25) is 5.91 Å². The van der Waals surface area contributed by atoms with E-state index in [4.69, 9.17) is 16.3 Å². The van der Waals surface area contributed by atoms with Crippen molar-refractivity contribution in [1.82, 2.24) is 20.9 Å². The molecule has 1 fully saturated rings.